The maximum absolute atomic E-state index is 12.0. The lowest BCUT2D eigenvalue weighted by molar-refractivity contribution is -0.127. The molecule has 1 aromatic carbocycles. The highest BCUT2D eigenvalue weighted by Crippen LogP contribution is 2.13. The number of unbranched alkanes of at least 4 members (excludes halogenated alkanes) is 1. The molecule has 2 amide bonds. The van der Waals surface area contributed by atoms with E-state index in [0.29, 0.717) is 25.1 Å². The van der Waals surface area contributed by atoms with Crippen LogP contribution in [0.25, 0.3) is 0 Å². The van der Waals surface area contributed by atoms with Gasteiger partial charge in [-0.25, -0.2) is 0 Å². The number of amides is 2. The van der Waals surface area contributed by atoms with E-state index in [1.807, 2.05) is 17.0 Å². The van der Waals surface area contributed by atoms with Gasteiger partial charge < -0.3 is 15.0 Å². The van der Waals surface area contributed by atoms with Crippen LogP contribution in [0.2, 0.25) is 0 Å². The van der Waals surface area contributed by atoms with E-state index in [9.17, 15) is 9.59 Å². The Hall–Kier alpha value is -2.04. The van der Waals surface area contributed by atoms with Gasteiger partial charge in [0.1, 0.15) is 5.75 Å². The zero-order valence-corrected chi connectivity index (χ0v) is 13.8. The second-order valence-corrected chi connectivity index (χ2v) is 5.82. The van der Waals surface area contributed by atoms with Crippen LogP contribution in [0.5, 0.6) is 5.75 Å². The van der Waals surface area contributed by atoms with Crippen molar-refractivity contribution in [3.63, 3.8) is 0 Å². The average Bonchev–Trinajstić information content (AvgIpc) is 2.97. The molecule has 5 nitrogen and oxygen atoms in total. The molecule has 0 aromatic heterocycles. The zero-order valence-electron chi connectivity index (χ0n) is 13.8. The predicted octanol–water partition coefficient (Wildman–Crippen LogP) is 2.61. The lowest BCUT2D eigenvalue weighted by atomic mass is 10.2. The van der Waals surface area contributed by atoms with Gasteiger partial charge in [0.2, 0.25) is 5.91 Å². The Balaban J connectivity index is 1.67. The molecule has 0 spiro atoms. The molecule has 1 fully saturated rings. The molecule has 0 bridgehead atoms. The van der Waals surface area contributed by atoms with Crippen molar-refractivity contribution >= 4 is 11.8 Å². The third-order valence-electron chi connectivity index (χ3n) is 3.94. The van der Waals surface area contributed by atoms with Crippen molar-refractivity contribution in [2.24, 2.45) is 0 Å². The van der Waals surface area contributed by atoms with E-state index in [-0.39, 0.29) is 11.8 Å². The number of rotatable bonds is 9. The first-order valence-corrected chi connectivity index (χ1v) is 8.49. The smallest absolute Gasteiger partial charge is 0.251 e. The minimum absolute atomic E-state index is 0.0853. The largest absolute Gasteiger partial charge is 0.494 e. The fourth-order valence-electron chi connectivity index (χ4n) is 2.55. The number of carbonyl (C=O) groups excluding carboxylic acids is 2. The first-order valence-electron chi connectivity index (χ1n) is 8.49. The van der Waals surface area contributed by atoms with Crippen LogP contribution in [0, 0.1) is 0 Å². The zero-order chi connectivity index (χ0) is 16.5. The van der Waals surface area contributed by atoms with Gasteiger partial charge in [0, 0.05) is 31.6 Å². The average molecular weight is 318 g/mol. The molecule has 5 heteroatoms. The number of nitrogens with one attached hydrogen (secondary N) is 1. The summed E-state index contributed by atoms with van der Waals surface area (Å²) >= 11 is 0. The Kier molecular flexibility index (Phi) is 6.91. The van der Waals surface area contributed by atoms with Crippen molar-refractivity contribution in [3.05, 3.63) is 29.8 Å². The highest BCUT2D eigenvalue weighted by Gasteiger charge is 2.19. The fraction of sp³-hybridized carbons (Fsp3) is 0.556. The van der Waals surface area contributed by atoms with Crippen molar-refractivity contribution in [2.75, 3.05) is 26.2 Å². The molecule has 23 heavy (non-hydrogen) atoms. The van der Waals surface area contributed by atoms with Crippen LogP contribution in [0.1, 0.15) is 49.4 Å². The van der Waals surface area contributed by atoms with Crippen molar-refractivity contribution in [3.8, 4) is 5.75 Å². The van der Waals surface area contributed by atoms with Gasteiger partial charge in [-0.2, -0.15) is 0 Å². The number of likely N-dealkylation sites (tertiary alicyclic amines) is 1. The molecule has 126 valence electrons. The number of benzene rings is 1. The second-order valence-electron chi connectivity index (χ2n) is 5.82. The van der Waals surface area contributed by atoms with E-state index in [4.69, 9.17) is 4.74 Å². The van der Waals surface area contributed by atoms with Crippen LogP contribution in [-0.4, -0.2) is 43.0 Å². The molecule has 1 aliphatic rings. The Labute approximate surface area is 138 Å². The molecule has 0 unspecified atom stereocenters. The summed E-state index contributed by atoms with van der Waals surface area (Å²) in [7, 11) is 0. The van der Waals surface area contributed by atoms with E-state index in [0.717, 1.165) is 44.5 Å². The summed E-state index contributed by atoms with van der Waals surface area (Å²) in [6.45, 7) is 4.99. The first kappa shape index (κ1) is 17.3. The van der Waals surface area contributed by atoms with Crippen LogP contribution < -0.4 is 10.1 Å². The van der Waals surface area contributed by atoms with Gasteiger partial charge in [-0.1, -0.05) is 13.3 Å². The maximum Gasteiger partial charge on any atom is 0.251 e. The van der Waals surface area contributed by atoms with Crippen molar-refractivity contribution < 1.29 is 14.3 Å². The molecule has 1 saturated heterocycles. The van der Waals surface area contributed by atoms with Crippen LogP contribution >= 0.6 is 0 Å². The standard InChI is InChI=1S/C18H26N2O3/c1-2-3-14-23-16-9-7-15(8-10-16)18(22)19-11-5-13-20-12-4-6-17(20)21/h7-10H,2-6,11-14H2,1H3,(H,19,22). The van der Waals surface area contributed by atoms with Crippen LogP contribution in [0.15, 0.2) is 24.3 Å². The number of nitrogens with zero attached hydrogens (tertiary/aromatic N) is 1. The molecular formula is C18H26N2O3. The van der Waals surface area contributed by atoms with Gasteiger partial charge in [-0.05, 0) is 43.5 Å². The van der Waals surface area contributed by atoms with Crippen LogP contribution in [0.3, 0.4) is 0 Å². The van der Waals surface area contributed by atoms with Crippen LogP contribution in [-0.2, 0) is 4.79 Å². The van der Waals surface area contributed by atoms with Gasteiger partial charge in [-0.15, -0.1) is 0 Å². The third-order valence-corrected chi connectivity index (χ3v) is 3.94. The Morgan fingerprint density at radius 2 is 2.04 bits per heavy atom. The molecular weight excluding hydrogens is 292 g/mol. The Morgan fingerprint density at radius 1 is 1.26 bits per heavy atom. The minimum atomic E-state index is -0.0853. The summed E-state index contributed by atoms with van der Waals surface area (Å²) in [5.41, 5.74) is 0.630. The van der Waals surface area contributed by atoms with Crippen molar-refractivity contribution in [1.29, 1.82) is 0 Å². The molecule has 0 atom stereocenters. The predicted molar refractivity (Wildman–Crippen MR) is 89.6 cm³/mol. The van der Waals surface area contributed by atoms with E-state index >= 15 is 0 Å². The third kappa shape index (κ3) is 5.58. The lowest BCUT2D eigenvalue weighted by Crippen LogP contribution is -2.30. The number of ether oxygens (including phenoxy) is 1. The number of hydrogen-bond donors (Lipinski definition) is 1. The highest BCUT2D eigenvalue weighted by atomic mass is 16.5. The van der Waals surface area contributed by atoms with Crippen molar-refractivity contribution in [2.45, 2.75) is 39.0 Å². The Bertz CT molecular complexity index is 514. The minimum Gasteiger partial charge on any atom is -0.494 e. The van der Waals surface area contributed by atoms with Gasteiger partial charge in [0.05, 0.1) is 6.61 Å². The monoisotopic (exact) mass is 318 g/mol. The SMILES string of the molecule is CCCCOc1ccc(C(=O)NCCCN2CCCC2=O)cc1. The highest BCUT2D eigenvalue weighted by molar-refractivity contribution is 5.94. The van der Waals surface area contributed by atoms with Gasteiger partial charge in [0.15, 0.2) is 0 Å². The number of hydrogen-bond acceptors (Lipinski definition) is 3. The summed E-state index contributed by atoms with van der Waals surface area (Å²) in [6, 6.07) is 7.21. The van der Waals surface area contributed by atoms with Crippen molar-refractivity contribution in [1.82, 2.24) is 10.2 Å². The van der Waals surface area contributed by atoms with E-state index in [2.05, 4.69) is 12.2 Å². The second kappa shape index (κ2) is 9.18. The normalized spacial score (nSPS) is 14.1. The molecule has 1 N–H and O–H groups in total. The first-order chi connectivity index (χ1) is 11.2. The molecule has 2 rings (SSSR count). The van der Waals surface area contributed by atoms with Crippen LogP contribution in [0.4, 0.5) is 0 Å². The molecule has 1 aromatic rings. The quantitative estimate of drug-likeness (QED) is 0.712. The molecule has 0 radical (unpaired) electrons. The summed E-state index contributed by atoms with van der Waals surface area (Å²) in [5, 5.41) is 2.89. The van der Waals surface area contributed by atoms with E-state index in [1.165, 1.54) is 0 Å². The summed E-state index contributed by atoms with van der Waals surface area (Å²) in [4.78, 5) is 25.4. The summed E-state index contributed by atoms with van der Waals surface area (Å²) in [5.74, 6) is 0.940. The summed E-state index contributed by atoms with van der Waals surface area (Å²) < 4.78 is 5.58. The lowest BCUT2D eigenvalue weighted by Gasteiger charge is -2.15. The van der Waals surface area contributed by atoms with Gasteiger partial charge in [-0.3, -0.25) is 9.59 Å². The molecule has 0 saturated carbocycles. The summed E-state index contributed by atoms with van der Waals surface area (Å²) in [6.07, 6.45) is 4.54. The molecule has 0 aliphatic carbocycles. The topological polar surface area (TPSA) is 58.6 Å². The van der Waals surface area contributed by atoms with E-state index < -0.39 is 0 Å². The van der Waals surface area contributed by atoms with Gasteiger partial charge in [0.25, 0.3) is 5.91 Å². The maximum atomic E-state index is 12.0. The number of carbonyl (C=O) groups is 2. The van der Waals surface area contributed by atoms with E-state index in [1.54, 1.807) is 12.1 Å². The fourth-order valence-corrected chi connectivity index (χ4v) is 2.55. The molecule has 1 aliphatic heterocycles. The molecule has 1 heterocycles. The van der Waals surface area contributed by atoms with Gasteiger partial charge >= 0.3 is 0 Å². The Morgan fingerprint density at radius 3 is 2.70 bits per heavy atom.